The molecule has 1 aliphatic rings. The minimum absolute atomic E-state index is 0.189. The highest BCUT2D eigenvalue weighted by Crippen LogP contribution is 2.31. The van der Waals surface area contributed by atoms with Crippen LogP contribution in [0.15, 0.2) is 11.6 Å². The van der Waals surface area contributed by atoms with E-state index in [9.17, 15) is 4.79 Å². The second kappa shape index (κ2) is 8.32. The topological polar surface area (TPSA) is 43.1 Å². The van der Waals surface area contributed by atoms with Gasteiger partial charge < -0.3 is 5.73 Å². The Morgan fingerprint density at radius 3 is 2.41 bits per heavy atom. The summed E-state index contributed by atoms with van der Waals surface area (Å²) in [5, 5.41) is 0. The molecule has 0 aromatic heterocycles. The number of primary amides is 1. The average molecular weight is 237 g/mol. The Kier molecular flexibility index (Phi) is 6.99. The molecule has 2 nitrogen and oxygen atoms in total. The van der Waals surface area contributed by atoms with Gasteiger partial charge in [-0.15, -0.1) is 0 Å². The lowest BCUT2D eigenvalue weighted by Crippen LogP contribution is -2.19. The Labute approximate surface area is 106 Å². The molecule has 1 fully saturated rings. The summed E-state index contributed by atoms with van der Waals surface area (Å²) in [5.74, 6) is 0.272. The van der Waals surface area contributed by atoms with E-state index >= 15 is 0 Å². The Hall–Kier alpha value is -0.790. The minimum Gasteiger partial charge on any atom is -0.366 e. The summed E-state index contributed by atoms with van der Waals surface area (Å²) >= 11 is 0. The lowest BCUT2D eigenvalue weighted by Gasteiger charge is -2.11. The molecule has 2 N–H and O–H groups in total. The quantitative estimate of drug-likeness (QED) is 0.504. The lowest BCUT2D eigenvalue weighted by atomic mass is 9.95. The van der Waals surface area contributed by atoms with Crippen molar-refractivity contribution in [3.63, 3.8) is 0 Å². The molecule has 0 radical (unpaired) electrons. The van der Waals surface area contributed by atoms with Gasteiger partial charge in [0.2, 0.25) is 5.91 Å². The van der Waals surface area contributed by atoms with Crippen molar-refractivity contribution < 1.29 is 4.79 Å². The molecule has 0 bridgehead atoms. The van der Waals surface area contributed by atoms with Crippen molar-refractivity contribution in [2.45, 2.75) is 71.1 Å². The van der Waals surface area contributed by atoms with E-state index in [-0.39, 0.29) is 5.91 Å². The molecule has 1 rings (SSSR count). The van der Waals surface area contributed by atoms with Crippen LogP contribution in [-0.2, 0) is 4.79 Å². The molecule has 0 spiro atoms. The van der Waals surface area contributed by atoms with E-state index in [0.29, 0.717) is 5.92 Å². The van der Waals surface area contributed by atoms with Crippen LogP contribution in [0.4, 0.5) is 0 Å². The second-order valence-corrected chi connectivity index (χ2v) is 5.21. The van der Waals surface area contributed by atoms with Crippen molar-refractivity contribution in [2.24, 2.45) is 11.7 Å². The van der Waals surface area contributed by atoms with Crippen LogP contribution >= 0.6 is 0 Å². The SMILES string of the molecule is CCCCCCCC=C(C(N)=O)C1CCCC1. The average Bonchev–Trinajstić information content (AvgIpc) is 2.81. The third kappa shape index (κ3) is 5.38. The normalized spacial score (nSPS) is 17.6. The van der Waals surface area contributed by atoms with E-state index in [2.05, 4.69) is 13.0 Å². The molecule has 0 atom stereocenters. The van der Waals surface area contributed by atoms with Gasteiger partial charge in [0.25, 0.3) is 0 Å². The van der Waals surface area contributed by atoms with Crippen LogP contribution < -0.4 is 5.73 Å². The van der Waals surface area contributed by atoms with Gasteiger partial charge in [-0.1, -0.05) is 51.5 Å². The van der Waals surface area contributed by atoms with Gasteiger partial charge in [0.05, 0.1) is 0 Å². The van der Waals surface area contributed by atoms with Crippen LogP contribution in [0.5, 0.6) is 0 Å². The Morgan fingerprint density at radius 1 is 1.18 bits per heavy atom. The molecule has 0 saturated heterocycles. The van der Waals surface area contributed by atoms with E-state index in [1.807, 2.05) is 0 Å². The van der Waals surface area contributed by atoms with Gasteiger partial charge in [-0.2, -0.15) is 0 Å². The molecule has 0 aromatic carbocycles. The van der Waals surface area contributed by atoms with Crippen molar-refractivity contribution >= 4 is 5.91 Å². The molecule has 17 heavy (non-hydrogen) atoms. The first-order chi connectivity index (χ1) is 8.25. The van der Waals surface area contributed by atoms with E-state index < -0.39 is 0 Å². The largest absolute Gasteiger partial charge is 0.366 e. The summed E-state index contributed by atoms with van der Waals surface area (Å²) in [6.45, 7) is 2.23. The summed E-state index contributed by atoms with van der Waals surface area (Å²) in [6.07, 6.45) is 14.4. The maximum absolute atomic E-state index is 11.4. The fourth-order valence-electron chi connectivity index (χ4n) is 2.71. The van der Waals surface area contributed by atoms with Crippen molar-refractivity contribution in [2.75, 3.05) is 0 Å². The number of allylic oxidation sites excluding steroid dienone is 1. The predicted molar refractivity (Wildman–Crippen MR) is 72.6 cm³/mol. The first-order valence-corrected chi connectivity index (χ1v) is 7.25. The molecule has 1 aliphatic carbocycles. The number of nitrogens with two attached hydrogens (primary N) is 1. The number of carbonyl (C=O) groups excluding carboxylic acids is 1. The summed E-state index contributed by atoms with van der Waals surface area (Å²) in [7, 11) is 0. The number of unbranched alkanes of at least 4 members (excludes halogenated alkanes) is 5. The number of carbonyl (C=O) groups is 1. The molecule has 98 valence electrons. The Morgan fingerprint density at radius 2 is 1.82 bits per heavy atom. The monoisotopic (exact) mass is 237 g/mol. The molecular formula is C15H27NO. The van der Waals surface area contributed by atoms with Gasteiger partial charge in [0.15, 0.2) is 0 Å². The molecule has 2 heteroatoms. The molecule has 0 aliphatic heterocycles. The van der Waals surface area contributed by atoms with Gasteiger partial charge in [-0.25, -0.2) is 0 Å². The molecule has 1 amide bonds. The van der Waals surface area contributed by atoms with Gasteiger partial charge >= 0.3 is 0 Å². The smallest absolute Gasteiger partial charge is 0.244 e. The van der Waals surface area contributed by atoms with Crippen molar-refractivity contribution in [1.82, 2.24) is 0 Å². The highest BCUT2D eigenvalue weighted by molar-refractivity contribution is 5.92. The maximum atomic E-state index is 11.4. The van der Waals surface area contributed by atoms with E-state index in [4.69, 9.17) is 5.73 Å². The second-order valence-electron chi connectivity index (χ2n) is 5.21. The first kappa shape index (κ1) is 14.3. The summed E-state index contributed by atoms with van der Waals surface area (Å²) in [4.78, 5) is 11.4. The third-order valence-electron chi connectivity index (χ3n) is 3.75. The third-order valence-corrected chi connectivity index (χ3v) is 3.75. The Bertz CT molecular complexity index is 252. The molecule has 1 saturated carbocycles. The van der Waals surface area contributed by atoms with Gasteiger partial charge in [0, 0.05) is 5.57 Å². The molecule has 0 unspecified atom stereocenters. The zero-order chi connectivity index (χ0) is 12.5. The summed E-state index contributed by atoms with van der Waals surface area (Å²) < 4.78 is 0. The van der Waals surface area contributed by atoms with Crippen LogP contribution in [0.2, 0.25) is 0 Å². The first-order valence-electron chi connectivity index (χ1n) is 7.25. The fourth-order valence-corrected chi connectivity index (χ4v) is 2.71. The minimum atomic E-state index is -0.189. The van der Waals surface area contributed by atoms with Crippen LogP contribution in [0.1, 0.15) is 71.1 Å². The molecule has 0 heterocycles. The van der Waals surface area contributed by atoms with Gasteiger partial charge in [-0.05, 0) is 31.6 Å². The number of amides is 1. The van der Waals surface area contributed by atoms with Crippen molar-refractivity contribution in [1.29, 1.82) is 0 Å². The summed E-state index contributed by atoms with van der Waals surface area (Å²) in [5.41, 5.74) is 6.39. The number of hydrogen-bond donors (Lipinski definition) is 1. The van der Waals surface area contributed by atoms with Gasteiger partial charge in [-0.3, -0.25) is 4.79 Å². The van der Waals surface area contributed by atoms with Crippen LogP contribution in [-0.4, -0.2) is 5.91 Å². The van der Waals surface area contributed by atoms with E-state index in [1.165, 1.54) is 44.9 Å². The predicted octanol–water partition coefficient (Wildman–Crippen LogP) is 3.95. The van der Waals surface area contributed by atoms with Crippen LogP contribution in [0, 0.1) is 5.92 Å². The van der Waals surface area contributed by atoms with Crippen molar-refractivity contribution in [3.8, 4) is 0 Å². The fraction of sp³-hybridized carbons (Fsp3) is 0.800. The zero-order valence-electron chi connectivity index (χ0n) is 11.2. The Balaban J connectivity index is 2.29. The standard InChI is InChI=1S/C15H27NO/c1-2-3-4-5-6-7-12-14(15(16)17)13-10-8-9-11-13/h12-13H,2-11H2,1H3,(H2,16,17). The van der Waals surface area contributed by atoms with Crippen molar-refractivity contribution in [3.05, 3.63) is 11.6 Å². The highest BCUT2D eigenvalue weighted by Gasteiger charge is 2.22. The van der Waals surface area contributed by atoms with E-state index in [1.54, 1.807) is 0 Å². The van der Waals surface area contributed by atoms with Crippen LogP contribution in [0.25, 0.3) is 0 Å². The maximum Gasteiger partial charge on any atom is 0.244 e. The zero-order valence-corrected chi connectivity index (χ0v) is 11.2. The number of hydrogen-bond acceptors (Lipinski definition) is 1. The van der Waals surface area contributed by atoms with E-state index in [0.717, 1.165) is 24.8 Å². The highest BCUT2D eigenvalue weighted by atomic mass is 16.1. The lowest BCUT2D eigenvalue weighted by molar-refractivity contribution is -0.115. The van der Waals surface area contributed by atoms with Gasteiger partial charge in [0.1, 0.15) is 0 Å². The molecular weight excluding hydrogens is 210 g/mol. The molecule has 0 aromatic rings. The number of rotatable bonds is 8. The summed E-state index contributed by atoms with van der Waals surface area (Å²) in [6, 6.07) is 0. The van der Waals surface area contributed by atoms with Crippen LogP contribution in [0.3, 0.4) is 0 Å².